The number of benzene rings is 3. The molecule has 0 atom stereocenters. The average molecular weight is 290 g/mol. The van der Waals surface area contributed by atoms with E-state index in [9.17, 15) is 0 Å². The second-order valence-corrected chi connectivity index (χ2v) is 6.94. The van der Waals surface area contributed by atoms with Crippen LogP contribution in [0.2, 0.25) is 0 Å². The molecule has 20 heavy (non-hydrogen) atoms. The van der Waals surface area contributed by atoms with Crippen molar-refractivity contribution in [3.05, 3.63) is 59.3 Å². The van der Waals surface area contributed by atoms with Crippen molar-refractivity contribution >= 4 is 64.4 Å². The topological polar surface area (TPSA) is 0 Å². The van der Waals surface area contributed by atoms with E-state index in [0.717, 1.165) is 0 Å². The monoisotopic (exact) mass is 290 g/mol. The Kier molecular flexibility index (Phi) is 2.07. The highest BCUT2D eigenvalue weighted by molar-refractivity contribution is 7.18. The van der Waals surface area contributed by atoms with Crippen molar-refractivity contribution in [1.29, 1.82) is 0 Å². The summed E-state index contributed by atoms with van der Waals surface area (Å²) in [6.07, 6.45) is 0. The molecule has 5 rings (SSSR count). The molecule has 2 heterocycles. The molecule has 0 spiro atoms. The largest absolute Gasteiger partial charge is 0.143 e. The summed E-state index contributed by atoms with van der Waals surface area (Å²) in [5.74, 6) is 0. The molecule has 0 aliphatic carbocycles. The zero-order chi connectivity index (χ0) is 13.1. The normalized spacial score (nSPS) is 12.0. The molecule has 0 unspecified atom stereocenters. The molecule has 0 aliphatic rings. The lowest BCUT2D eigenvalue weighted by Crippen LogP contribution is -1.77. The SMILES string of the molecule is c1cc2ccc3cc4c(ccc5ccsc54)cc3c2s1. The molecule has 0 radical (unpaired) electrons. The van der Waals surface area contributed by atoms with Crippen LogP contribution in [0.15, 0.2) is 59.3 Å². The Morgan fingerprint density at radius 1 is 0.500 bits per heavy atom. The van der Waals surface area contributed by atoms with Gasteiger partial charge in [-0.25, -0.2) is 0 Å². The summed E-state index contributed by atoms with van der Waals surface area (Å²) in [5.41, 5.74) is 0. The second kappa shape index (κ2) is 3.81. The van der Waals surface area contributed by atoms with E-state index in [0.29, 0.717) is 0 Å². The van der Waals surface area contributed by atoms with Gasteiger partial charge in [-0.15, -0.1) is 22.7 Å². The van der Waals surface area contributed by atoms with Gasteiger partial charge in [0, 0.05) is 20.2 Å². The van der Waals surface area contributed by atoms with Gasteiger partial charge in [0.25, 0.3) is 0 Å². The van der Waals surface area contributed by atoms with Gasteiger partial charge < -0.3 is 0 Å². The summed E-state index contributed by atoms with van der Waals surface area (Å²) in [6, 6.07) is 18.1. The fourth-order valence-corrected chi connectivity index (χ4v) is 4.85. The summed E-state index contributed by atoms with van der Waals surface area (Å²) < 4.78 is 2.80. The molecule has 0 amide bonds. The highest BCUT2D eigenvalue weighted by Gasteiger charge is 2.06. The van der Waals surface area contributed by atoms with Gasteiger partial charge in [0.05, 0.1) is 0 Å². The maximum atomic E-state index is 2.35. The Balaban J connectivity index is 2.07. The second-order valence-electron chi connectivity index (χ2n) is 5.10. The van der Waals surface area contributed by atoms with Gasteiger partial charge >= 0.3 is 0 Å². The van der Waals surface area contributed by atoms with Crippen molar-refractivity contribution in [2.75, 3.05) is 0 Å². The number of fused-ring (bicyclic) bond motifs is 6. The molecule has 3 aromatic carbocycles. The highest BCUT2D eigenvalue weighted by atomic mass is 32.1. The standard InChI is InChI=1S/C18H10S2/c1-3-13-9-16-14(4-2-12-6-8-20-18(12)16)10-15(13)17-11(1)5-7-19-17/h1-10H. The fraction of sp³-hybridized carbons (Fsp3) is 0. The van der Waals surface area contributed by atoms with Crippen LogP contribution in [0.25, 0.3) is 41.7 Å². The molecule has 0 saturated heterocycles. The molecule has 2 aromatic heterocycles. The van der Waals surface area contributed by atoms with E-state index in [1.165, 1.54) is 41.7 Å². The number of rotatable bonds is 0. The molecule has 5 aromatic rings. The molecular formula is C18H10S2. The van der Waals surface area contributed by atoms with Crippen molar-refractivity contribution in [2.45, 2.75) is 0 Å². The van der Waals surface area contributed by atoms with Gasteiger partial charge in [-0.3, -0.25) is 0 Å². The third kappa shape index (κ3) is 1.35. The highest BCUT2D eigenvalue weighted by Crippen LogP contribution is 2.36. The first-order chi connectivity index (χ1) is 9.90. The van der Waals surface area contributed by atoms with E-state index in [1.807, 2.05) is 22.7 Å². The van der Waals surface area contributed by atoms with Crippen LogP contribution in [0.4, 0.5) is 0 Å². The Hall–Kier alpha value is -1.90. The lowest BCUT2D eigenvalue weighted by atomic mass is 10.0. The van der Waals surface area contributed by atoms with Gasteiger partial charge in [-0.2, -0.15) is 0 Å². The fourth-order valence-electron chi connectivity index (χ4n) is 3.00. The van der Waals surface area contributed by atoms with Crippen molar-refractivity contribution < 1.29 is 0 Å². The number of hydrogen-bond donors (Lipinski definition) is 0. The number of hydrogen-bond acceptors (Lipinski definition) is 2. The summed E-state index contributed by atoms with van der Waals surface area (Å²) >= 11 is 3.67. The van der Waals surface area contributed by atoms with Crippen molar-refractivity contribution in [1.82, 2.24) is 0 Å². The minimum atomic E-state index is 1.34. The zero-order valence-electron chi connectivity index (χ0n) is 10.6. The lowest BCUT2D eigenvalue weighted by molar-refractivity contribution is 1.89. The summed E-state index contributed by atoms with van der Waals surface area (Å²) in [7, 11) is 0. The van der Waals surface area contributed by atoms with Gasteiger partial charge in [0.1, 0.15) is 0 Å². The van der Waals surface area contributed by atoms with Gasteiger partial charge in [0.2, 0.25) is 0 Å². The molecular weight excluding hydrogens is 280 g/mol. The van der Waals surface area contributed by atoms with Gasteiger partial charge in [-0.05, 0) is 56.6 Å². The molecule has 0 fully saturated rings. The van der Waals surface area contributed by atoms with Crippen LogP contribution >= 0.6 is 22.7 Å². The molecule has 0 aliphatic heterocycles. The van der Waals surface area contributed by atoms with E-state index in [-0.39, 0.29) is 0 Å². The van der Waals surface area contributed by atoms with Crippen LogP contribution in [0, 0.1) is 0 Å². The lowest BCUT2D eigenvalue weighted by Gasteiger charge is -2.05. The van der Waals surface area contributed by atoms with Gasteiger partial charge in [-0.1, -0.05) is 24.3 Å². The predicted octanol–water partition coefficient (Wildman–Crippen LogP) is 6.42. The van der Waals surface area contributed by atoms with E-state index >= 15 is 0 Å². The Morgan fingerprint density at radius 2 is 0.950 bits per heavy atom. The first-order valence-electron chi connectivity index (χ1n) is 6.60. The Labute approximate surface area is 123 Å². The average Bonchev–Trinajstić information content (AvgIpc) is 3.13. The van der Waals surface area contributed by atoms with Crippen molar-refractivity contribution in [2.24, 2.45) is 0 Å². The summed E-state index contributed by atoms with van der Waals surface area (Å²) in [6.45, 7) is 0. The summed E-state index contributed by atoms with van der Waals surface area (Å²) in [5, 5.41) is 12.5. The Bertz CT molecular complexity index is 1010. The molecule has 94 valence electrons. The third-order valence-electron chi connectivity index (χ3n) is 3.99. The predicted molar refractivity (Wildman–Crippen MR) is 92.2 cm³/mol. The maximum Gasteiger partial charge on any atom is 0.0421 e. The number of thiophene rings is 2. The Morgan fingerprint density at radius 3 is 1.45 bits per heavy atom. The molecule has 2 heteroatoms. The zero-order valence-corrected chi connectivity index (χ0v) is 12.2. The van der Waals surface area contributed by atoms with E-state index in [4.69, 9.17) is 0 Å². The quantitative estimate of drug-likeness (QED) is 0.289. The molecule has 0 N–H and O–H groups in total. The molecule has 0 nitrogen and oxygen atoms in total. The first-order valence-corrected chi connectivity index (χ1v) is 8.36. The summed E-state index contributed by atoms with van der Waals surface area (Å²) in [4.78, 5) is 0. The van der Waals surface area contributed by atoms with E-state index in [2.05, 4.69) is 59.3 Å². The smallest absolute Gasteiger partial charge is 0.0421 e. The molecule has 0 bridgehead atoms. The van der Waals surface area contributed by atoms with Gasteiger partial charge in [0.15, 0.2) is 0 Å². The van der Waals surface area contributed by atoms with Crippen LogP contribution in [-0.2, 0) is 0 Å². The molecule has 0 saturated carbocycles. The van der Waals surface area contributed by atoms with Crippen molar-refractivity contribution in [3.8, 4) is 0 Å². The van der Waals surface area contributed by atoms with Crippen LogP contribution in [0.1, 0.15) is 0 Å². The first kappa shape index (κ1) is 10.8. The van der Waals surface area contributed by atoms with E-state index < -0.39 is 0 Å². The third-order valence-corrected chi connectivity index (χ3v) is 5.91. The van der Waals surface area contributed by atoms with Crippen LogP contribution in [0.3, 0.4) is 0 Å². The van der Waals surface area contributed by atoms with Crippen LogP contribution in [-0.4, -0.2) is 0 Å². The van der Waals surface area contributed by atoms with Crippen LogP contribution < -0.4 is 0 Å². The van der Waals surface area contributed by atoms with Crippen molar-refractivity contribution in [3.63, 3.8) is 0 Å². The van der Waals surface area contributed by atoms with Crippen LogP contribution in [0.5, 0.6) is 0 Å². The minimum absolute atomic E-state index is 1.34. The minimum Gasteiger partial charge on any atom is -0.143 e. The maximum absolute atomic E-state index is 2.35. The van der Waals surface area contributed by atoms with E-state index in [1.54, 1.807) is 0 Å².